The Bertz CT molecular complexity index is 627. The van der Waals surface area contributed by atoms with E-state index in [4.69, 9.17) is 9.47 Å². The van der Waals surface area contributed by atoms with Crippen molar-refractivity contribution in [2.75, 3.05) is 32.1 Å². The zero-order chi connectivity index (χ0) is 17.2. The summed E-state index contributed by atoms with van der Waals surface area (Å²) in [4.78, 5) is 15.9. The fourth-order valence-corrected chi connectivity index (χ4v) is 2.00. The average Bonchev–Trinajstić information content (AvgIpc) is 2.64. The van der Waals surface area contributed by atoms with Crippen LogP contribution < -0.4 is 20.1 Å². The van der Waals surface area contributed by atoms with Crippen LogP contribution in [0.2, 0.25) is 0 Å². The normalized spacial score (nSPS) is 10.1. The maximum Gasteiger partial charge on any atom is 0.269 e. The van der Waals surface area contributed by atoms with Crippen LogP contribution in [0.25, 0.3) is 0 Å². The Morgan fingerprint density at radius 1 is 1.08 bits per heavy atom. The number of pyridine rings is 1. The summed E-state index contributed by atoms with van der Waals surface area (Å²) in [6.45, 7) is 3.82. The lowest BCUT2D eigenvalue weighted by Gasteiger charge is -2.09. The Morgan fingerprint density at radius 3 is 2.46 bits per heavy atom. The molecule has 0 unspecified atom stereocenters. The van der Waals surface area contributed by atoms with Gasteiger partial charge in [-0.05, 0) is 42.8 Å². The number of anilines is 1. The van der Waals surface area contributed by atoms with E-state index >= 15 is 0 Å². The molecule has 6 heteroatoms. The van der Waals surface area contributed by atoms with Gasteiger partial charge in [0, 0.05) is 13.1 Å². The van der Waals surface area contributed by atoms with E-state index in [1.807, 2.05) is 37.3 Å². The van der Waals surface area contributed by atoms with Crippen molar-refractivity contribution in [2.24, 2.45) is 0 Å². The predicted octanol–water partition coefficient (Wildman–Crippen LogP) is 2.72. The molecule has 1 heterocycles. The largest absolute Gasteiger partial charge is 0.497 e. The van der Waals surface area contributed by atoms with E-state index in [-0.39, 0.29) is 5.91 Å². The highest BCUT2D eigenvalue weighted by molar-refractivity contribution is 5.92. The summed E-state index contributed by atoms with van der Waals surface area (Å²) in [7, 11) is 1.63. The molecule has 0 aliphatic rings. The summed E-state index contributed by atoms with van der Waals surface area (Å²) in [5, 5.41) is 6.00. The molecule has 0 spiro atoms. The number of hydrogen-bond acceptors (Lipinski definition) is 5. The highest BCUT2D eigenvalue weighted by Gasteiger charge is 2.05. The van der Waals surface area contributed by atoms with Gasteiger partial charge < -0.3 is 20.1 Å². The lowest BCUT2D eigenvalue weighted by Crippen LogP contribution is -2.24. The van der Waals surface area contributed by atoms with E-state index < -0.39 is 0 Å². The summed E-state index contributed by atoms with van der Waals surface area (Å²) in [6.07, 6.45) is 2.55. The first kappa shape index (κ1) is 17.6. The van der Waals surface area contributed by atoms with E-state index in [2.05, 4.69) is 15.6 Å². The van der Waals surface area contributed by atoms with Gasteiger partial charge in [-0.25, -0.2) is 4.98 Å². The molecule has 2 N–H and O–H groups in total. The second kappa shape index (κ2) is 9.39. The zero-order valence-corrected chi connectivity index (χ0v) is 14.0. The summed E-state index contributed by atoms with van der Waals surface area (Å²) in [5.41, 5.74) is 1.27. The number of nitrogens with one attached hydrogen (secondary N) is 2. The predicted molar refractivity (Wildman–Crippen MR) is 93.8 cm³/mol. The van der Waals surface area contributed by atoms with Gasteiger partial charge in [0.1, 0.15) is 23.8 Å². The molecule has 0 fully saturated rings. The highest BCUT2D eigenvalue weighted by atomic mass is 16.5. The van der Waals surface area contributed by atoms with Gasteiger partial charge in [0.15, 0.2) is 0 Å². The number of carbonyl (C=O) groups is 1. The van der Waals surface area contributed by atoms with Crippen LogP contribution in [0, 0.1) is 0 Å². The van der Waals surface area contributed by atoms with Crippen molar-refractivity contribution in [3.8, 4) is 11.5 Å². The Hall–Kier alpha value is -2.76. The van der Waals surface area contributed by atoms with Crippen LogP contribution in [0.1, 0.15) is 23.8 Å². The third-order valence-corrected chi connectivity index (χ3v) is 3.29. The third kappa shape index (κ3) is 5.46. The van der Waals surface area contributed by atoms with Crippen molar-refractivity contribution < 1.29 is 14.3 Å². The summed E-state index contributed by atoms with van der Waals surface area (Å²) < 4.78 is 10.7. The molecule has 0 radical (unpaired) electrons. The zero-order valence-electron chi connectivity index (χ0n) is 14.0. The number of aromatic nitrogens is 1. The maximum absolute atomic E-state index is 11.8. The molecule has 2 aromatic rings. The number of rotatable bonds is 9. The molecule has 0 aliphatic carbocycles. The molecule has 0 bridgehead atoms. The smallest absolute Gasteiger partial charge is 0.269 e. The van der Waals surface area contributed by atoms with Gasteiger partial charge >= 0.3 is 0 Å². The molecule has 6 nitrogen and oxygen atoms in total. The molecule has 0 saturated carbocycles. The van der Waals surface area contributed by atoms with E-state index in [9.17, 15) is 4.79 Å². The topological polar surface area (TPSA) is 72.5 Å². The fraction of sp³-hybridized carbons (Fsp3) is 0.333. The van der Waals surface area contributed by atoms with Gasteiger partial charge in [-0.2, -0.15) is 0 Å². The quantitative estimate of drug-likeness (QED) is 0.692. The number of amides is 1. The van der Waals surface area contributed by atoms with Gasteiger partial charge in [0.25, 0.3) is 5.91 Å². The molecule has 128 valence electrons. The van der Waals surface area contributed by atoms with E-state index in [0.29, 0.717) is 25.4 Å². The molecule has 1 amide bonds. The molecule has 0 aliphatic heterocycles. The fourth-order valence-electron chi connectivity index (χ4n) is 2.00. The number of methoxy groups -OCH3 is 1. The molecule has 0 atom stereocenters. The second-order valence-corrected chi connectivity index (χ2v) is 5.14. The lowest BCUT2D eigenvalue weighted by atomic mass is 10.3. The number of hydrogen-bond donors (Lipinski definition) is 2. The minimum Gasteiger partial charge on any atom is -0.497 e. The van der Waals surface area contributed by atoms with E-state index in [0.717, 1.165) is 23.6 Å². The molecule has 1 aromatic carbocycles. The van der Waals surface area contributed by atoms with Gasteiger partial charge in [0.05, 0.1) is 19.0 Å². The third-order valence-electron chi connectivity index (χ3n) is 3.29. The maximum atomic E-state index is 11.8. The number of carbonyl (C=O) groups excluding carboxylic acids is 1. The minimum atomic E-state index is -0.147. The van der Waals surface area contributed by atoms with Crippen LogP contribution in [0.15, 0.2) is 42.6 Å². The SMILES string of the molecule is CCCNC(=O)c1ccc(NCCOc2ccc(OC)cc2)cn1. The Labute approximate surface area is 142 Å². The molecule has 24 heavy (non-hydrogen) atoms. The number of ether oxygens (including phenoxy) is 2. The Morgan fingerprint density at radius 2 is 1.83 bits per heavy atom. The van der Waals surface area contributed by atoms with Crippen molar-refractivity contribution in [1.82, 2.24) is 10.3 Å². The Balaban J connectivity index is 1.72. The van der Waals surface area contributed by atoms with Crippen LogP contribution >= 0.6 is 0 Å². The Kier molecular flexibility index (Phi) is 6.89. The van der Waals surface area contributed by atoms with Crippen LogP contribution in [0.4, 0.5) is 5.69 Å². The van der Waals surface area contributed by atoms with E-state index in [1.165, 1.54) is 0 Å². The van der Waals surface area contributed by atoms with Crippen LogP contribution in [-0.4, -0.2) is 37.7 Å². The first-order valence-corrected chi connectivity index (χ1v) is 7.98. The monoisotopic (exact) mass is 329 g/mol. The number of benzene rings is 1. The molecule has 1 aromatic heterocycles. The second-order valence-electron chi connectivity index (χ2n) is 5.14. The van der Waals surface area contributed by atoms with Crippen molar-refractivity contribution in [2.45, 2.75) is 13.3 Å². The highest BCUT2D eigenvalue weighted by Crippen LogP contribution is 2.16. The minimum absolute atomic E-state index is 0.147. The average molecular weight is 329 g/mol. The summed E-state index contributed by atoms with van der Waals surface area (Å²) in [5.74, 6) is 1.44. The van der Waals surface area contributed by atoms with Crippen molar-refractivity contribution >= 4 is 11.6 Å². The van der Waals surface area contributed by atoms with Crippen molar-refractivity contribution in [3.05, 3.63) is 48.3 Å². The van der Waals surface area contributed by atoms with Crippen molar-refractivity contribution in [1.29, 1.82) is 0 Å². The van der Waals surface area contributed by atoms with Gasteiger partial charge in [-0.3, -0.25) is 4.79 Å². The first-order chi connectivity index (χ1) is 11.7. The van der Waals surface area contributed by atoms with Gasteiger partial charge in [-0.1, -0.05) is 6.92 Å². The molecule has 0 saturated heterocycles. The standard InChI is InChI=1S/C18H23N3O3/c1-3-10-20-18(22)17-9-4-14(13-21-17)19-11-12-24-16-7-5-15(23-2)6-8-16/h4-9,13,19H,3,10-12H2,1-2H3,(H,20,22). The lowest BCUT2D eigenvalue weighted by molar-refractivity contribution is 0.0948. The molecule has 2 rings (SSSR count). The van der Waals surface area contributed by atoms with Crippen LogP contribution in [0.3, 0.4) is 0 Å². The first-order valence-electron chi connectivity index (χ1n) is 7.98. The molecular formula is C18H23N3O3. The molecular weight excluding hydrogens is 306 g/mol. The van der Waals surface area contributed by atoms with Crippen molar-refractivity contribution in [3.63, 3.8) is 0 Å². The number of nitrogens with zero attached hydrogens (tertiary/aromatic N) is 1. The van der Waals surface area contributed by atoms with Crippen LogP contribution in [-0.2, 0) is 0 Å². The van der Waals surface area contributed by atoms with Crippen LogP contribution in [0.5, 0.6) is 11.5 Å². The summed E-state index contributed by atoms with van der Waals surface area (Å²) >= 11 is 0. The van der Waals surface area contributed by atoms with Gasteiger partial charge in [0.2, 0.25) is 0 Å². The van der Waals surface area contributed by atoms with Gasteiger partial charge in [-0.15, -0.1) is 0 Å². The summed E-state index contributed by atoms with van der Waals surface area (Å²) in [6, 6.07) is 11.0. The van der Waals surface area contributed by atoms with E-state index in [1.54, 1.807) is 19.4 Å².